The smallest absolute Gasteiger partial charge is 0.0687 e. The lowest BCUT2D eigenvalue weighted by Crippen LogP contribution is -2.28. The van der Waals surface area contributed by atoms with Gasteiger partial charge in [-0.15, -0.1) is 6.42 Å². The maximum Gasteiger partial charge on any atom is 0.0687 e. The van der Waals surface area contributed by atoms with E-state index < -0.39 is 0 Å². The average molecular weight is 207 g/mol. The Kier molecular flexibility index (Phi) is 6.52. The van der Waals surface area contributed by atoms with Gasteiger partial charge in [-0.25, -0.2) is 0 Å². The summed E-state index contributed by atoms with van der Waals surface area (Å²) in [6, 6.07) is 0.312. The second-order valence-corrected chi connectivity index (χ2v) is 4.75. The van der Waals surface area contributed by atoms with Crippen LogP contribution >= 0.6 is 0 Å². The SMILES string of the molecule is C#CC(CCC1CCCCC1)NCCC. The molecule has 1 saturated carbocycles. The van der Waals surface area contributed by atoms with Gasteiger partial charge in [0, 0.05) is 0 Å². The molecule has 1 N–H and O–H groups in total. The molecule has 0 spiro atoms. The predicted molar refractivity (Wildman–Crippen MR) is 66.7 cm³/mol. The molecule has 86 valence electrons. The lowest BCUT2D eigenvalue weighted by molar-refractivity contribution is 0.323. The molecule has 1 rings (SSSR count). The molecule has 0 bridgehead atoms. The molecule has 0 amide bonds. The van der Waals surface area contributed by atoms with Crippen molar-refractivity contribution in [2.24, 2.45) is 5.92 Å². The Morgan fingerprint density at radius 1 is 1.33 bits per heavy atom. The summed E-state index contributed by atoms with van der Waals surface area (Å²) in [6.45, 7) is 3.24. The van der Waals surface area contributed by atoms with Crippen molar-refractivity contribution >= 4 is 0 Å². The van der Waals surface area contributed by atoms with Crippen LogP contribution in [0.2, 0.25) is 0 Å². The molecule has 1 nitrogen and oxygen atoms in total. The van der Waals surface area contributed by atoms with Crippen LogP contribution in [0.1, 0.15) is 58.3 Å². The van der Waals surface area contributed by atoms with Crippen molar-refractivity contribution in [3.63, 3.8) is 0 Å². The predicted octanol–water partition coefficient (Wildman–Crippen LogP) is 3.35. The highest BCUT2D eigenvalue weighted by Crippen LogP contribution is 2.27. The number of rotatable bonds is 6. The molecule has 0 aromatic carbocycles. The lowest BCUT2D eigenvalue weighted by atomic mass is 9.85. The van der Waals surface area contributed by atoms with Crippen molar-refractivity contribution in [2.45, 2.75) is 64.3 Å². The average Bonchev–Trinajstić information content (AvgIpc) is 2.31. The first kappa shape index (κ1) is 12.6. The van der Waals surface area contributed by atoms with Gasteiger partial charge in [0.2, 0.25) is 0 Å². The van der Waals surface area contributed by atoms with Gasteiger partial charge < -0.3 is 5.32 Å². The van der Waals surface area contributed by atoms with E-state index in [1.54, 1.807) is 0 Å². The molecule has 0 saturated heterocycles. The number of terminal acetylenes is 1. The number of hydrogen-bond donors (Lipinski definition) is 1. The largest absolute Gasteiger partial charge is 0.304 e. The minimum absolute atomic E-state index is 0.312. The molecule has 1 unspecified atom stereocenters. The van der Waals surface area contributed by atoms with Crippen LogP contribution < -0.4 is 5.32 Å². The summed E-state index contributed by atoms with van der Waals surface area (Å²) in [5.41, 5.74) is 0. The minimum Gasteiger partial charge on any atom is -0.304 e. The maximum atomic E-state index is 5.52. The van der Waals surface area contributed by atoms with Crippen LogP contribution in [0.3, 0.4) is 0 Å². The summed E-state index contributed by atoms with van der Waals surface area (Å²) in [6.07, 6.45) is 16.4. The zero-order chi connectivity index (χ0) is 10.9. The second kappa shape index (κ2) is 7.77. The zero-order valence-electron chi connectivity index (χ0n) is 10.1. The standard InChI is InChI=1S/C14H25N/c1-3-12-15-14(4-2)11-10-13-8-6-5-7-9-13/h2,13-15H,3,5-12H2,1H3. The van der Waals surface area contributed by atoms with Crippen LogP contribution in [0.4, 0.5) is 0 Å². The van der Waals surface area contributed by atoms with E-state index in [-0.39, 0.29) is 0 Å². The van der Waals surface area contributed by atoms with Crippen LogP contribution in [0.25, 0.3) is 0 Å². The highest BCUT2D eigenvalue weighted by atomic mass is 14.9. The van der Waals surface area contributed by atoms with Gasteiger partial charge in [-0.1, -0.05) is 44.9 Å². The molecule has 0 aromatic rings. The van der Waals surface area contributed by atoms with E-state index in [4.69, 9.17) is 6.42 Å². The fraction of sp³-hybridized carbons (Fsp3) is 0.857. The van der Waals surface area contributed by atoms with Crippen molar-refractivity contribution < 1.29 is 0 Å². The number of nitrogens with one attached hydrogen (secondary N) is 1. The fourth-order valence-corrected chi connectivity index (χ4v) is 2.44. The monoisotopic (exact) mass is 207 g/mol. The highest BCUT2D eigenvalue weighted by molar-refractivity contribution is 4.98. The maximum absolute atomic E-state index is 5.52. The van der Waals surface area contributed by atoms with E-state index in [2.05, 4.69) is 18.2 Å². The van der Waals surface area contributed by atoms with Gasteiger partial charge in [0.25, 0.3) is 0 Å². The van der Waals surface area contributed by atoms with Crippen molar-refractivity contribution in [1.29, 1.82) is 0 Å². The molecule has 0 radical (unpaired) electrons. The van der Waals surface area contributed by atoms with Gasteiger partial charge in [0.1, 0.15) is 0 Å². The second-order valence-electron chi connectivity index (χ2n) is 4.75. The van der Waals surface area contributed by atoms with Crippen molar-refractivity contribution in [1.82, 2.24) is 5.32 Å². The molecule has 1 atom stereocenters. The summed E-state index contributed by atoms with van der Waals surface area (Å²) in [7, 11) is 0. The third kappa shape index (κ3) is 5.23. The summed E-state index contributed by atoms with van der Waals surface area (Å²) in [5, 5.41) is 3.42. The van der Waals surface area contributed by atoms with E-state index in [1.807, 2.05) is 0 Å². The quantitative estimate of drug-likeness (QED) is 0.659. The van der Waals surface area contributed by atoms with Crippen LogP contribution in [0.15, 0.2) is 0 Å². The summed E-state index contributed by atoms with van der Waals surface area (Å²) >= 11 is 0. The van der Waals surface area contributed by atoms with Gasteiger partial charge in [0.05, 0.1) is 6.04 Å². The molecular weight excluding hydrogens is 182 g/mol. The third-order valence-corrected chi connectivity index (χ3v) is 3.43. The Balaban J connectivity index is 2.12. The van der Waals surface area contributed by atoms with Crippen molar-refractivity contribution in [3.8, 4) is 12.3 Å². The van der Waals surface area contributed by atoms with Gasteiger partial charge in [-0.05, 0) is 31.7 Å². The molecule has 0 aromatic heterocycles. The molecular formula is C14H25N. The minimum atomic E-state index is 0.312. The molecule has 1 aliphatic rings. The Bertz CT molecular complexity index is 186. The molecule has 0 aliphatic heterocycles. The van der Waals surface area contributed by atoms with Crippen molar-refractivity contribution in [2.75, 3.05) is 6.54 Å². The molecule has 1 fully saturated rings. The Hall–Kier alpha value is -0.480. The van der Waals surface area contributed by atoms with Crippen LogP contribution in [0.5, 0.6) is 0 Å². The zero-order valence-corrected chi connectivity index (χ0v) is 10.1. The first-order valence-electron chi connectivity index (χ1n) is 6.56. The normalized spacial score (nSPS) is 19.7. The van der Waals surface area contributed by atoms with Gasteiger partial charge >= 0.3 is 0 Å². The Morgan fingerprint density at radius 2 is 2.07 bits per heavy atom. The first-order valence-corrected chi connectivity index (χ1v) is 6.56. The van der Waals surface area contributed by atoms with E-state index in [0.717, 1.165) is 12.5 Å². The van der Waals surface area contributed by atoms with E-state index in [9.17, 15) is 0 Å². The van der Waals surface area contributed by atoms with E-state index >= 15 is 0 Å². The van der Waals surface area contributed by atoms with Crippen LogP contribution in [0, 0.1) is 18.3 Å². The summed E-state index contributed by atoms with van der Waals surface area (Å²) < 4.78 is 0. The topological polar surface area (TPSA) is 12.0 Å². The van der Waals surface area contributed by atoms with Gasteiger partial charge in [-0.2, -0.15) is 0 Å². The Morgan fingerprint density at radius 3 is 2.67 bits per heavy atom. The fourth-order valence-electron chi connectivity index (χ4n) is 2.44. The number of hydrogen-bond acceptors (Lipinski definition) is 1. The van der Waals surface area contributed by atoms with E-state index in [0.29, 0.717) is 6.04 Å². The lowest BCUT2D eigenvalue weighted by Gasteiger charge is -2.23. The third-order valence-electron chi connectivity index (χ3n) is 3.43. The summed E-state index contributed by atoms with van der Waals surface area (Å²) in [5.74, 6) is 3.82. The highest BCUT2D eigenvalue weighted by Gasteiger charge is 2.14. The summed E-state index contributed by atoms with van der Waals surface area (Å²) in [4.78, 5) is 0. The Labute approximate surface area is 95.0 Å². The van der Waals surface area contributed by atoms with Gasteiger partial charge in [-0.3, -0.25) is 0 Å². The van der Waals surface area contributed by atoms with Crippen molar-refractivity contribution in [3.05, 3.63) is 0 Å². The van der Waals surface area contributed by atoms with Crippen LogP contribution in [-0.2, 0) is 0 Å². The van der Waals surface area contributed by atoms with Crippen LogP contribution in [-0.4, -0.2) is 12.6 Å². The molecule has 15 heavy (non-hydrogen) atoms. The van der Waals surface area contributed by atoms with E-state index in [1.165, 1.54) is 51.4 Å². The molecule has 1 aliphatic carbocycles. The molecule has 1 heteroatoms. The molecule has 0 heterocycles. The first-order chi connectivity index (χ1) is 7.36. The van der Waals surface area contributed by atoms with Gasteiger partial charge in [0.15, 0.2) is 0 Å².